The lowest BCUT2D eigenvalue weighted by Gasteiger charge is -2.31. The summed E-state index contributed by atoms with van der Waals surface area (Å²) in [5, 5.41) is 5.40. The zero-order valence-corrected chi connectivity index (χ0v) is 19.2. The van der Waals surface area contributed by atoms with Crippen LogP contribution in [0.1, 0.15) is 54.4 Å². The van der Waals surface area contributed by atoms with Crippen molar-refractivity contribution in [3.8, 4) is 0 Å². The molecule has 0 atom stereocenters. The summed E-state index contributed by atoms with van der Waals surface area (Å²) in [4.78, 5) is 18.1. The maximum absolute atomic E-state index is 12.9. The van der Waals surface area contributed by atoms with Gasteiger partial charge in [0, 0.05) is 29.1 Å². The van der Waals surface area contributed by atoms with E-state index >= 15 is 0 Å². The average Bonchev–Trinajstić information content (AvgIpc) is 2.75. The van der Waals surface area contributed by atoms with Gasteiger partial charge in [-0.3, -0.25) is 4.79 Å². The van der Waals surface area contributed by atoms with Crippen LogP contribution in [0.5, 0.6) is 0 Å². The number of benzene rings is 2. The van der Waals surface area contributed by atoms with E-state index in [-0.39, 0.29) is 5.56 Å². The molecular formula is C26H31N3OS. The topological polar surface area (TPSA) is 48.1 Å². The molecule has 4 rings (SSSR count). The van der Waals surface area contributed by atoms with Crippen molar-refractivity contribution >= 4 is 28.2 Å². The van der Waals surface area contributed by atoms with E-state index in [1.807, 2.05) is 30.3 Å². The number of hydrogen-bond acceptors (Lipinski definition) is 2. The number of H-pyrrole nitrogens is 1. The van der Waals surface area contributed by atoms with E-state index in [0.717, 1.165) is 40.0 Å². The predicted molar refractivity (Wildman–Crippen MR) is 132 cm³/mol. The van der Waals surface area contributed by atoms with E-state index in [2.05, 4.69) is 47.2 Å². The summed E-state index contributed by atoms with van der Waals surface area (Å²) in [5.41, 5.74) is 5.09. The molecule has 0 radical (unpaired) electrons. The third kappa shape index (κ3) is 5.34. The van der Waals surface area contributed by atoms with E-state index < -0.39 is 0 Å². The molecule has 162 valence electrons. The molecule has 1 aliphatic carbocycles. The zero-order valence-electron chi connectivity index (χ0n) is 18.4. The third-order valence-corrected chi connectivity index (χ3v) is 6.56. The number of aryl methyl sites for hydroxylation is 2. The number of aromatic amines is 1. The fourth-order valence-electron chi connectivity index (χ4n) is 4.56. The van der Waals surface area contributed by atoms with E-state index in [1.165, 1.54) is 30.4 Å². The smallest absolute Gasteiger partial charge is 0.253 e. The van der Waals surface area contributed by atoms with Gasteiger partial charge in [-0.2, -0.15) is 0 Å². The van der Waals surface area contributed by atoms with Gasteiger partial charge in [-0.1, -0.05) is 55.7 Å². The van der Waals surface area contributed by atoms with Crippen LogP contribution in [0.3, 0.4) is 0 Å². The average molecular weight is 434 g/mol. The van der Waals surface area contributed by atoms with Gasteiger partial charge >= 0.3 is 0 Å². The first kappa shape index (κ1) is 21.6. The standard InChI is InChI=1S/C26H31N3OS/c1-18-13-19(2)23-15-21(25(30)28-24(23)14-18)17-29(16-20-9-5-3-6-10-20)26(31)27-22-11-7-4-8-12-22/h3,5-6,9-10,13-15,22H,4,7-8,11-12,16-17H2,1-2H3,(H,27,31)(H,28,30). The van der Waals surface area contributed by atoms with Crippen molar-refractivity contribution in [3.63, 3.8) is 0 Å². The van der Waals surface area contributed by atoms with Crippen molar-refractivity contribution in [3.05, 3.63) is 81.1 Å². The van der Waals surface area contributed by atoms with Crippen molar-refractivity contribution in [2.75, 3.05) is 0 Å². The lowest BCUT2D eigenvalue weighted by molar-refractivity contribution is 0.362. The molecular weight excluding hydrogens is 402 g/mol. The van der Waals surface area contributed by atoms with Gasteiger partial charge < -0.3 is 15.2 Å². The normalized spacial score (nSPS) is 14.5. The summed E-state index contributed by atoms with van der Waals surface area (Å²) in [5.74, 6) is 0. The van der Waals surface area contributed by atoms with Gasteiger partial charge in [-0.05, 0) is 67.7 Å². The Balaban J connectivity index is 1.62. The number of pyridine rings is 1. The molecule has 3 aromatic rings. The monoisotopic (exact) mass is 433 g/mol. The Hall–Kier alpha value is -2.66. The van der Waals surface area contributed by atoms with Crippen molar-refractivity contribution in [2.24, 2.45) is 0 Å². The van der Waals surface area contributed by atoms with Gasteiger partial charge in [0.25, 0.3) is 5.56 Å². The highest BCUT2D eigenvalue weighted by molar-refractivity contribution is 7.80. The molecule has 1 fully saturated rings. The van der Waals surface area contributed by atoms with Crippen LogP contribution in [-0.4, -0.2) is 21.0 Å². The third-order valence-electron chi connectivity index (χ3n) is 6.19. The molecule has 0 spiro atoms. The number of rotatable bonds is 5. The van der Waals surface area contributed by atoms with Gasteiger partial charge in [0.15, 0.2) is 5.11 Å². The van der Waals surface area contributed by atoms with Crippen LogP contribution < -0.4 is 10.9 Å². The first-order chi connectivity index (χ1) is 15.0. The fraction of sp³-hybridized carbons (Fsp3) is 0.385. The molecule has 0 amide bonds. The molecule has 0 saturated heterocycles. The van der Waals surface area contributed by atoms with Crippen LogP contribution in [0.25, 0.3) is 10.9 Å². The van der Waals surface area contributed by atoms with Gasteiger partial charge in [-0.15, -0.1) is 0 Å². The summed E-state index contributed by atoms with van der Waals surface area (Å²) >= 11 is 5.84. The van der Waals surface area contributed by atoms with Gasteiger partial charge in [-0.25, -0.2) is 0 Å². The lowest BCUT2D eigenvalue weighted by Crippen LogP contribution is -2.45. The first-order valence-corrected chi connectivity index (χ1v) is 11.6. The molecule has 0 bridgehead atoms. The largest absolute Gasteiger partial charge is 0.360 e. The van der Waals surface area contributed by atoms with Crippen molar-refractivity contribution in [2.45, 2.75) is 65.1 Å². The molecule has 0 aliphatic heterocycles. The second-order valence-electron chi connectivity index (χ2n) is 8.79. The van der Waals surface area contributed by atoms with Crippen LogP contribution in [0.2, 0.25) is 0 Å². The van der Waals surface area contributed by atoms with Crippen molar-refractivity contribution in [1.29, 1.82) is 0 Å². The van der Waals surface area contributed by atoms with Crippen molar-refractivity contribution in [1.82, 2.24) is 15.2 Å². The number of thiocarbonyl (C=S) groups is 1. The Kier molecular flexibility index (Phi) is 6.71. The van der Waals surface area contributed by atoms with E-state index in [9.17, 15) is 4.79 Å². The highest BCUT2D eigenvalue weighted by atomic mass is 32.1. The van der Waals surface area contributed by atoms with Crippen LogP contribution in [0.15, 0.2) is 53.3 Å². The summed E-state index contributed by atoms with van der Waals surface area (Å²) in [6, 6.07) is 17.0. The Morgan fingerprint density at radius 2 is 1.81 bits per heavy atom. The van der Waals surface area contributed by atoms with Crippen LogP contribution in [-0.2, 0) is 13.1 Å². The lowest BCUT2D eigenvalue weighted by atomic mass is 9.96. The van der Waals surface area contributed by atoms with Crippen molar-refractivity contribution < 1.29 is 0 Å². The summed E-state index contributed by atoms with van der Waals surface area (Å²) in [6.07, 6.45) is 6.14. The summed E-state index contributed by atoms with van der Waals surface area (Å²) < 4.78 is 0. The Bertz CT molecular complexity index is 1120. The molecule has 1 aromatic heterocycles. The molecule has 5 heteroatoms. The quantitative estimate of drug-likeness (QED) is 0.532. The maximum atomic E-state index is 12.9. The molecule has 2 N–H and O–H groups in total. The fourth-order valence-corrected chi connectivity index (χ4v) is 4.85. The number of nitrogens with zero attached hydrogens (tertiary/aromatic N) is 1. The maximum Gasteiger partial charge on any atom is 0.253 e. The minimum Gasteiger partial charge on any atom is -0.360 e. The van der Waals surface area contributed by atoms with E-state index in [0.29, 0.717) is 19.1 Å². The van der Waals surface area contributed by atoms with Gasteiger partial charge in [0.05, 0.1) is 6.54 Å². The van der Waals surface area contributed by atoms with Crippen LogP contribution in [0, 0.1) is 13.8 Å². The molecule has 0 unspecified atom stereocenters. The SMILES string of the molecule is Cc1cc(C)c2cc(CN(Cc3ccccc3)C(=S)NC3CCCCC3)c(=O)[nH]c2c1. The van der Waals surface area contributed by atoms with E-state index in [4.69, 9.17) is 12.2 Å². The summed E-state index contributed by atoms with van der Waals surface area (Å²) in [7, 11) is 0. The summed E-state index contributed by atoms with van der Waals surface area (Å²) in [6.45, 7) is 5.29. The minimum atomic E-state index is -0.0453. The zero-order chi connectivity index (χ0) is 21.8. The van der Waals surface area contributed by atoms with Crippen LogP contribution in [0.4, 0.5) is 0 Å². The first-order valence-electron chi connectivity index (χ1n) is 11.2. The predicted octanol–water partition coefficient (Wildman–Crippen LogP) is 5.35. The Morgan fingerprint density at radius 1 is 1.06 bits per heavy atom. The second-order valence-corrected chi connectivity index (χ2v) is 9.18. The molecule has 4 nitrogen and oxygen atoms in total. The second kappa shape index (κ2) is 9.65. The molecule has 1 saturated carbocycles. The molecule has 1 aliphatic rings. The minimum absolute atomic E-state index is 0.0453. The Labute approximate surface area is 189 Å². The molecule has 2 aromatic carbocycles. The van der Waals surface area contributed by atoms with E-state index in [1.54, 1.807) is 0 Å². The highest BCUT2D eigenvalue weighted by Crippen LogP contribution is 2.21. The number of hydrogen-bond donors (Lipinski definition) is 2. The number of nitrogens with one attached hydrogen (secondary N) is 2. The highest BCUT2D eigenvalue weighted by Gasteiger charge is 2.19. The number of fused-ring (bicyclic) bond motifs is 1. The van der Waals surface area contributed by atoms with Gasteiger partial charge in [0.1, 0.15) is 0 Å². The molecule has 31 heavy (non-hydrogen) atoms. The number of aromatic nitrogens is 1. The Morgan fingerprint density at radius 3 is 2.55 bits per heavy atom. The van der Waals surface area contributed by atoms with Gasteiger partial charge in [0.2, 0.25) is 0 Å². The van der Waals surface area contributed by atoms with Crippen LogP contribution >= 0.6 is 12.2 Å². The molecule has 1 heterocycles.